The fraction of sp³-hybridized carbons (Fsp3) is 0.0189. The first-order chi connectivity index (χ1) is 28.3. The van der Waals surface area contributed by atoms with Crippen molar-refractivity contribution in [2.24, 2.45) is 0 Å². The molecule has 0 amide bonds. The number of para-hydroxylation sites is 2. The van der Waals surface area contributed by atoms with Crippen molar-refractivity contribution in [3.8, 4) is 39.5 Å². The zero-order valence-electron chi connectivity index (χ0n) is 30.9. The number of aromatic nitrogens is 3. The Morgan fingerprint density at radius 1 is 0.404 bits per heavy atom. The fourth-order valence-electron chi connectivity index (χ4n) is 8.95. The first kappa shape index (κ1) is 32.6. The number of nitrogens with zero attached hydrogens (tertiary/aromatic N) is 3. The quantitative estimate of drug-likeness (QED) is 0.0982. The topological polar surface area (TPSA) is 30.7 Å². The van der Waals surface area contributed by atoms with Crippen LogP contribution in [0.3, 0.4) is 0 Å². The summed E-state index contributed by atoms with van der Waals surface area (Å²) in [6.45, 7) is 0. The van der Waals surface area contributed by atoms with E-state index >= 15 is 0 Å². The van der Waals surface area contributed by atoms with Gasteiger partial charge in [0.1, 0.15) is 0 Å². The van der Waals surface area contributed by atoms with Crippen LogP contribution in [0.2, 0.25) is 0 Å². The van der Waals surface area contributed by atoms with Crippen LogP contribution in [-0.2, 0) is 4.43 Å². The Morgan fingerprint density at radius 2 is 1.07 bits per heavy atom. The van der Waals surface area contributed by atoms with Gasteiger partial charge in [0.05, 0.1) is 11.2 Å². The molecule has 2 aromatic heterocycles. The number of hydrogen-bond acceptors (Lipinski definition) is 2. The van der Waals surface area contributed by atoms with Gasteiger partial charge in [-0.1, -0.05) is 54.6 Å². The molecule has 0 spiro atoms. The van der Waals surface area contributed by atoms with Crippen LogP contribution in [0.1, 0.15) is 5.56 Å². The van der Waals surface area contributed by atoms with Gasteiger partial charge >= 0.3 is 247 Å². The van der Waals surface area contributed by atoms with E-state index in [4.69, 9.17) is 9.97 Å². The number of alkyl halides is 1. The first-order valence-corrected chi connectivity index (χ1v) is 23.1. The molecule has 0 bridgehead atoms. The van der Waals surface area contributed by atoms with Crippen LogP contribution >= 0.6 is 19.8 Å². The van der Waals surface area contributed by atoms with Crippen LogP contribution in [-0.4, -0.2) is 14.5 Å². The zero-order valence-corrected chi connectivity index (χ0v) is 33.1. The van der Waals surface area contributed by atoms with E-state index in [1.165, 1.54) is 60.1 Å². The van der Waals surface area contributed by atoms with Crippen molar-refractivity contribution in [1.29, 1.82) is 0 Å². The molecule has 11 aromatic rings. The third-order valence-corrected chi connectivity index (χ3v) is 17.8. The van der Waals surface area contributed by atoms with Crippen LogP contribution in [0.5, 0.6) is 0 Å². The summed E-state index contributed by atoms with van der Waals surface area (Å²) < 4.78 is 6.54. The maximum absolute atomic E-state index is 5.30. The molecule has 0 atom stereocenters. The molecule has 12 rings (SSSR count). The third kappa shape index (κ3) is 5.17. The summed E-state index contributed by atoms with van der Waals surface area (Å²) in [5, 5.41) is 8.62. The molecule has 0 radical (unpaired) electrons. The molecule has 57 heavy (non-hydrogen) atoms. The molecule has 0 saturated heterocycles. The first-order valence-electron chi connectivity index (χ1n) is 19.4. The molecule has 0 unspecified atom stereocenters. The van der Waals surface area contributed by atoms with Gasteiger partial charge < -0.3 is 0 Å². The minimum absolute atomic E-state index is 0.673. The van der Waals surface area contributed by atoms with Crippen LogP contribution in [0.4, 0.5) is 0 Å². The Labute approximate surface area is 337 Å². The Morgan fingerprint density at radius 3 is 1.93 bits per heavy atom. The number of hydrogen-bond donors (Lipinski definition) is 0. The van der Waals surface area contributed by atoms with E-state index in [1.807, 2.05) is 6.07 Å². The second-order valence-corrected chi connectivity index (χ2v) is 20.0. The molecule has 3 heterocycles. The minimum atomic E-state index is -1.72. The predicted molar refractivity (Wildman–Crippen MR) is 247 cm³/mol. The van der Waals surface area contributed by atoms with Crippen molar-refractivity contribution >= 4 is 74.1 Å². The molecule has 0 aliphatic carbocycles. The van der Waals surface area contributed by atoms with Crippen LogP contribution in [0.25, 0.3) is 93.7 Å². The number of halogens is 1. The Kier molecular flexibility index (Phi) is 7.42. The molecule has 0 saturated carbocycles. The molecule has 268 valence electrons. The average molecular weight is 840 g/mol. The Hall–Kier alpha value is -6.63. The van der Waals surface area contributed by atoms with Crippen molar-refractivity contribution in [2.75, 3.05) is 0 Å². The van der Waals surface area contributed by atoms with Gasteiger partial charge in [0, 0.05) is 10.9 Å². The normalized spacial score (nSPS) is 12.9. The number of fused-ring (bicyclic) bond motifs is 10. The van der Waals surface area contributed by atoms with Crippen molar-refractivity contribution in [3.63, 3.8) is 0 Å². The molecular formula is C53H34IN3. The second kappa shape index (κ2) is 13.0. The average Bonchev–Trinajstić information content (AvgIpc) is 3.77. The van der Waals surface area contributed by atoms with Gasteiger partial charge in [-0.2, -0.15) is 0 Å². The molecule has 0 N–H and O–H groups in total. The predicted octanol–water partition coefficient (Wildman–Crippen LogP) is 14.1. The standard InChI is InChI=1S/C53H34IN3/c1-3-15-34(16-4-1)33-54-47-24-12-9-21-40(47)45-31-37-30-43(38-19-7-8-20-39(38)44(37)32-48(45)54)36-27-28-51-46(29-36)41-22-11-14-26-50(41)57(51)53-55-49-25-13-10-23-42(49)52(56-53)35-17-5-2-6-18-35/h1-32H,33H2. The molecule has 4 heteroatoms. The van der Waals surface area contributed by atoms with Crippen LogP contribution < -0.4 is 0 Å². The van der Waals surface area contributed by atoms with Gasteiger partial charge in [-0.05, 0) is 6.07 Å². The van der Waals surface area contributed by atoms with Crippen molar-refractivity contribution in [2.45, 2.75) is 4.43 Å². The zero-order chi connectivity index (χ0) is 37.5. The van der Waals surface area contributed by atoms with Gasteiger partial charge in [0.2, 0.25) is 0 Å². The van der Waals surface area contributed by atoms with Gasteiger partial charge in [0.15, 0.2) is 0 Å². The van der Waals surface area contributed by atoms with E-state index in [0.29, 0.717) is 5.95 Å². The molecule has 3 nitrogen and oxygen atoms in total. The molecule has 1 aliphatic heterocycles. The van der Waals surface area contributed by atoms with Crippen LogP contribution in [0, 0.1) is 7.14 Å². The van der Waals surface area contributed by atoms with Gasteiger partial charge in [-0.15, -0.1) is 0 Å². The van der Waals surface area contributed by atoms with E-state index in [2.05, 4.69) is 193 Å². The van der Waals surface area contributed by atoms with Gasteiger partial charge in [0.25, 0.3) is 0 Å². The summed E-state index contributed by atoms with van der Waals surface area (Å²) in [6, 6.07) is 71.1. The number of rotatable bonds is 5. The van der Waals surface area contributed by atoms with E-state index in [-0.39, 0.29) is 0 Å². The molecular weight excluding hydrogens is 806 g/mol. The number of benzene rings is 9. The summed E-state index contributed by atoms with van der Waals surface area (Å²) in [4.78, 5) is 10.5. The van der Waals surface area contributed by atoms with E-state index < -0.39 is 19.8 Å². The molecule has 0 fully saturated rings. The monoisotopic (exact) mass is 839 g/mol. The second-order valence-electron chi connectivity index (χ2n) is 14.8. The van der Waals surface area contributed by atoms with Gasteiger partial charge in [-0.3, -0.25) is 0 Å². The van der Waals surface area contributed by atoms with Crippen LogP contribution in [0.15, 0.2) is 194 Å². The summed E-state index contributed by atoms with van der Waals surface area (Å²) in [5.74, 6) is 0.673. The van der Waals surface area contributed by atoms with Crippen molar-refractivity contribution in [1.82, 2.24) is 14.5 Å². The fourth-order valence-corrected chi connectivity index (χ4v) is 15.4. The van der Waals surface area contributed by atoms with E-state index in [9.17, 15) is 0 Å². The Bertz CT molecular complexity index is 3390. The third-order valence-electron chi connectivity index (χ3n) is 11.6. The molecule has 9 aromatic carbocycles. The maximum atomic E-state index is 5.30. The summed E-state index contributed by atoms with van der Waals surface area (Å²) in [6.07, 6.45) is 0. The summed E-state index contributed by atoms with van der Waals surface area (Å²) in [7, 11) is 0. The SMILES string of the molecule is c1ccc(CI2c3ccccc3-c3cc4cc(-c5ccc6c(c5)c5ccccc5n6-c5nc(-c6ccccc6)c6ccccc6n5)c5ccccc5c4cc32)cc1. The summed E-state index contributed by atoms with van der Waals surface area (Å²) in [5.41, 5.74) is 11.8. The van der Waals surface area contributed by atoms with Gasteiger partial charge in [-0.25, -0.2) is 9.97 Å². The summed E-state index contributed by atoms with van der Waals surface area (Å²) >= 11 is -1.72. The van der Waals surface area contributed by atoms with Crippen molar-refractivity contribution < 1.29 is 0 Å². The van der Waals surface area contributed by atoms with E-state index in [1.54, 1.807) is 7.14 Å². The van der Waals surface area contributed by atoms with Crippen molar-refractivity contribution in [3.05, 3.63) is 207 Å². The van der Waals surface area contributed by atoms with E-state index in [0.717, 1.165) is 37.6 Å². The molecule has 1 aliphatic rings. The Balaban J connectivity index is 1.06.